The maximum Gasteiger partial charge on any atom is 0.262 e. The predicted molar refractivity (Wildman–Crippen MR) is 105 cm³/mol. The van der Waals surface area contributed by atoms with Gasteiger partial charge in [0, 0.05) is 12.0 Å². The molecule has 0 aliphatic carbocycles. The van der Waals surface area contributed by atoms with Gasteiger partial charge in [0.25, 0.3) is 5.91 Å². The minimum Gasteiger partial charge on any atom is -0.490 e. The lowest BCUT2D eigenvalue weighted by Crippen LogP contribution is -2.23. The van der Waals surface area contributed by atoms with E-state index in [0.717, 1.165) is 4.88 Å². The first kappa shape index (κ1) is 20.5. The SMILES string of the molecule is CCOc1cc(/C=C(\C#N)C(=O)NCc2cccs2)ccc1OCCOC. The molecule has 0 bridgehead atoms. The molecule has 0 atom stereocenters. The van der Waals surface area contributed by atoms with Crippen molar-refractivity contribution in [3.8, 4) is 17.6 Å². The summed E-state index contributed by atoms with van der Waals surface area (Å²) in [5, 5.41) is 14.0. The Labute approximate surface area is 163 Å². The number of ether oxygens (including phenoxy) is 3. The van der Waals surface area contributed by atoms with Gasteiger partial charge in [-0.1, -0.05) is 12.1 Å². The second kappa shape index (κ2) is 11.0. The van der Waals surface area contributed by atoms with E-state index >= 15 is 0 Å². The fourth-order valence-corrected chi connectivity index (χ4v) is 2.87. The van der Waals surface area contributed by atoms with Crippen molar-refractivity contribution in [3.63, 3.8) is 0 Å². The van der Waals surface area contributed by atoms with Gasteiger partial charge in [0.1, 0.15) is 18.2 Å². The van der Waals surface area contributed by atoms with Gasteiger partial charge in [-0.05, 0) is 42.1 Å². The number of carbonyl (C=O) groups excluding carboxylic acids is 1. The number of carbonyl (C=O) groups is 1. The summed E-state index contributed by atoms with van der Waals surface area (Å²) in [5.74, 6) is 0.731. The van der Waals surface area contributed by atoms with Gasteiger partial charge >= 0.3 is 0 Å². The third-order valence-electron chi connectivity index (χ3n) is 3.49. The zero-order valence-electron chi connectivity index (χ0n) is 15.4. The topological polar surface area (TPSA) is 80.6 Å². The quantitative estimate of drug-likeness (QED) is 0.385. The van der Waals surface area contributed by atoms with E-state index in [0.29, 0.717) is 43.4 Å². The van der Waals surface area contributed by atoms with Crippen molar-refractivity contribution < 1.29 is 19.0 Å². The van der Waals surface area contributed by atoms with Crippen LogP contribution in [0.3, 0.4) is 0 Å². The minimum absolute atomic E-state index is 0.0297. The molecular formula is C20H22N2O4S. The van der Waals surface area contributed by atoms with Gasteiger partial charge in [0.2, 0.25) is 0 Å². The minimum atomic E-state index is -0.413. The molecule has 0 aliphatic heterocycles. The highest BCUT2D eigenvalue weighted by molar-refractivity contribution is 7.09. The van der Waals surface area contributed by atoms with Gasteiger partial charge in [0.05, 0.1) is 19.8 Å². The zero-order chi connectivity index (χ0) is 19.5. The Hall–Kier alpha value is -2.82. The van der Waals surface area contributed by atoms with Crippen molar-refractivity contribution >= 4 is 23.3 Å². The number of nitriles is 1. The molecule has 0 fully saturated rings. The summed E-state index contributed by atoms with van der Waals surface area (Å²) in [6.45, 7) is 3.61. The van der Waals surface area contributed by atoms with Crippen molar-refractivity contribution in [1.82, 2.24) is 5.32 Å². The molecule has 1 N–H and O–H groups in total. The smallest absolute Gasteiger partial charge is 0.262 e. The van der Waals surface area contributed by atoms with Crippen molar-refractivity contribution in [2.75, 3.05) is 26.9 Å². The molecule has 0 radical (unpaired) electrons. The van der Waals surface area contributed by atoms with Crippen LogP contribution >= 0.6 is 11.3 Å². The third-order valence-corrected chi connectivity index (χ3v) is 4.37. The fraction of sp³-hybridized carbons (Fsp3) is 0.300. The number of nitrogens with zero attached hydrogens (tertiary/aromatic N) is 1. The van der Waals surface area contributed by atoms with Crippen LogP contribution in [0.15, 0.2) is 41.3 Å². The third kappa shape index (κ3) is 6.44. The van der Waals surface area contributed by atoms with Gasteiger partial charge in [0.15, 0.2) is 11.5 Å². The van der Waals surface area contributed by atoms with E-state index in [-0.39, 0.29) is 5.57 Å². The molecule has 1 amide bonds. The lowest BCUT2D eigenvalue weighted by Gasteiger charge is -2.12. The summed E-state index contributed by atoms with van der Waals surface area (Å²) in [6, 6.07) is 11.1. The first-order valence-electron chi connectivity index (χ1n) is 8.49. The summed E-state index contributed by atoms with van der Waals surface area (Å²) < 4.78 is 16.2. The van der Waals surface area contributed by atoms with Gasteiger partial charge in [-0.3, -0.25) is 4.79 Å². The highest BCUT2D eigenvalue weighted by atomic mass is 32.1. The van der Waals surface area contributed by atoms with Crippen LogP contribution in [0.25, 0.3) is 6.08 Å². The van der Waals surface area contributed by atoms with Crippen LogP contribution in [-0.2, 0) is 16.1 Å². The lowest BCUT2D eigenvalue weighted by molar-refractivity contribution is -0.117. The van der Waals surface area contributed by atoms with Crippen molar-refractivity contribution in [3.05, 3.63) is 51.7 Å². The predicted octanol–water partition coefficient (Wildman–Crippen LogP) is 3.40. The number of amides is 1. The van der Waals surface area contributed by atoms with E-state index in [1.54, 1.807) is 36.6 Å². The van der Waals surface area contributed by atoms with Crippen LogP contribution in [0.1, 0.15) is 17.4 Å². The molecule has 0 unspecified atom stereocenters. The molecule has 0 saturated heterocycles. The van der Waals surface area contributed by atoms with Crippen LogP contribution in [0.2, 0.25) is 0 Å². The van der Waals surface area contributed by atoms with E-state index < -0.39 is 5.91 Å². The number of hydrogen-bond donors (Lipinski definition) is 1. The standard InChI is InChI=1S/C20H22N2O4S/c1-3-25-19-12-15(6-7-18(19)26-9-8-24-2)11-16(13-21)20(23)22-14-17-5-4-10-27-17/h4-7,10-12H,3,8-9,14H2,1-2H3,(H,22,23)/b16-11+. The van der Waals surface area contributed by atoms with Crippen LogP contribution in [0.4, 0.5) is 0 Å². The van der Waals surface area contributed by atoms with Gasteiger partial charge in [-0.25, -0.2) is 0 Å². The summed E-state index contributed by atoms with van der Waals surface area (Å²) in [6.07, 6.45) is 1.53. The average Bonchev–Trinajstić information content (AvgIpc) is 3.19. The highest BCUT2D eigenvalue weighted by Crippen LogP contribution is 2.29. The molecule has 1 heterocycles. The molecule has 0 spiro atoms. The van der Waals surface area contributed by atoms with Gasteiger partial charge in [-0.15, -0.1) is 11.3 Å². The highest BCUT2D eigenvalue weighted by Gasteiger charge is 2.11. The Balaban J connectivity index is 2.12. The van der Waals surface area contributed by atoms with Crippen LogP contribution < -0.4 is 14.8 Å². The second-order valence-corrected chi connectivity index (χ2v) is 6.44. The number of nitrogens with one attached hydrogen (secondary N) is 1. The van der Waals surface area contributed by atoms with Gasteiger partial charge in [-0.2, -0.15) is 5.26 Å². The van der Waals surface area contributed by atoms with E-state index in [9.17, 15) is 10.1 Å². The van der Waals surface area contributed by atoms with E-state index in [1.165, 1.54) is 6.08 Å². The molecule has 0 aliphatic rings. The molecule has 2 aromatic rings. The summed E-state index contributed by atoms with van der Waals surface area (Å²) >= 11 is 1.55. The average molecular weight is 386 g/mol. The molecule has 2 rings (SSSR count). The molecule has 1 aromatic heterocycles. The second-order valence-electron chi connectivity index (χ2n) is 5.41. The summed E-state index contributed by atoms with van der Waals surface area (Å²) in [7, 11) is 1.60. The zero-order valence-corrected chi connectivity index (χ0v) is 16.2. The normalized spacial score (nSPS) is 10.9. The number of rotatable bonds is 10. The Bertz CT molecular complexity index is 810. The Morgan fingerprint density at radius 2 is 2.11 bits per heavy atom. The molecular weight excluding hydrogens is 364 g/mol. The van der Waals surface area contributed by atoms with E-state index in [2.05, 4.69) is 5.32 Å². The monoisotopic (exact) mass is 386 g/mol. The molecule has 27 heavy (non-hydrogen) atoms. The largest absolute Gasteiger partial charge is 0.490 e. The molecule has 6 nitrogen and oxygen atoms in total. The molecule has 0 saturated carbocycles. The van der Waals surface area contributed by atoms with Gasteiger partial charge < -0.3 is 19.5 Å². The lowest BCUT2D eigenvalue weighted by atomic mass is 10.1. The number of thiophene rings is 1. The Kier molecular flexibility index (Phi) is 8.36. The molecule has 7 heteroatoms. The van der Waals surface area contributed by atoms with Crippen LogP contribution in [-0.4, -0.2) is 32.8 Å². The first-order valence-corrected chi connectivity index (χ1v) is 9.36. The number of hydrogen-bond acceptors (Lipinski definition) is 6. The van der Waals surface area contributed by atoms with E-state index in [1.807, 2.05) is 30.5 Å². The Morgan fingerprint density at radius 3 is 2.78 bits per heavy atom. The van der Waals surface area contributed by atoms with Crippen LogP contribution in [0.5, 0.6) is 11.5 Å². The maximum absolute atomic E-state index is 12.3. The number of benzene rings is 1. The fourth-order valence-electron chi connectivity index (χ4n) is 2.23. The summed E-state index contributed by atoms with van der Waals surface area (Å²) in [5.41, 5.74) is 0.711. The van der Waals surface area contributed by atoms with Crippen molar-refractivity contribution in [2.45, 2.75) is 13.5 Å². The molecule has 142 valence electrons. The summed E-state index contributed by atoms with van der Waals surface area (Å²) in [4.78, 5) is 13.3. The van der Waals surface area contributed by atoms with Crippen molar-refractivity contribution in [1.29, 1.82) is 5.26 Å². The van der Waals surface area contributed by atoms with Crippen molar-refractivity contribution in [2.24, 2.45) is 0 Å². The Morgan fingerprint density at radius 1 is 1.26 bits per heavy atom. The van der Waals surface area contributed by atoms with Crippen LogP contribution in [0, 0.1) is 11.3 Å². The maximum atomic E-state index is 12.3. The number of methoxy groups -OCH3 is 1. The first-order chi connectivity index (χ1) is 13.2. The van der Waals surface area contributed by atoms with E-state index in [4.69, 9.17) is 14.2 Å². The molecule has 1 aromatic carbocycles.